The Labute approximate surface area is 526 Å². The van der Waals surface area contributed by atoms with Gasteiger partial charge in [-0.1, -0.05) is 65.1 Å². The molecule has 4 heterocycles. The first-order valence-electron chi connectivity index (χ1n) is 29.3. The van der Waals surface area contributed by atoms with Crippen LogP contribution in [0.1, 0.15) is 81.1 Å². The molecule has 0 radical (unpaired) electrons. The van der Waals surface area contributed by atoms with E-state index in [1.807, 2.05) is 24.3 Å². The highest BCUT2D eigenvalue weighted by molar-refractivity contribution is 7.90. The van der Waals surface area contributed by atoms with Gasteiger partial charge in [0.2, 0.25) is 35.4 Å². The molecule has 1 aromatic heterocycles. The third kappa shape index (κ3) is 18.7. The van der Waals surface area contributed by atoms with Crippen LogP contribution in [0.2, 0.25) is 0 Å². The van der Waals surface area contributed by atoms with E-state index in [0.29, 0.717) is 22.2 Å². The smallest absolute Gasteiger partial charge is 0.261 e. The van der Waals surface area contributed by atoms with E-state index < -0.39 is 158 Å². The van der Waals surface area contributed by atoms with E-state index in [2.05, 4.69) is 46.2 Å². The molecule has 7 amide bonds. The van der Waals surface area contributed by atoms with Crippen LogP contribution in [-0.2, 0) is 49.3 Å². The fraction of sp³-hybridized carbons (Fsp3) is 0.534. The number of amides is 7. The number of aromatic hydroxyl groups is 1. The van der Waals surface area contributed by atoms with E-state index in [4.69, 9.17) is 24.6 Å². The minimum Gasteiger partial charge on any atom is -0.504 e. The second kappa shape index (κ2) is 33.8. The average Bonchev–Trinajstić information content (AvgIpc) is 1.79. The molecule has 3 aromatic carbocycles. The summed E-state index contributed by atoms with van der Waals surface area (Å²) >= 11 is 1.38. The van der Waals surface area contributed by atoms with Gasteiger partial charge in [0.1, 0.15) is 52.0 Å². The van der Waals surface area contributed by atoms with Gasteiger partial charge in [-0.3, -0.25) is 33.6 Å². The summed E-state index contributed by atoms with van der Waals surface area (Å²) in [6, 6.07) is 6.02. The first kappa shape index (κ1) is 70.3. The lowest BCUT2D eigenvalue weighted by molar-refractivity contribution is -0.433. The first-order valence-corrected chi connectivity index (χ1v) is 30.8. The Morgan fingerprint density at radius 3 is 2.06 bits per heavy atom. The molecule has 3 fully saturated rings. The van der Waals surface area contributed by atoms with Crippen molar-refractivity contribution in [1.29, 1.82) is 0 Å². The quantitative estimate of drug-likeness (QED) is 0.0177. The zero-order valence-electron chi connectivity index (χ0n) is 49.6. The molecule has 0 unspecified atom stereocenters. The first-order chi connectivity index (χ1) is 43.1. The van der Waals surface area contributed by atoms with Crippen molar-refractivity contribution in [2.75, 3.05) is 46.5 Å². The number of carbonyl (C=O) groups is 7. The van der Waals surface area contributed by atoms with Crippen LogP contribution in [-0.4, -0.2) is 222 Å². The van der Waals surface area contributed by atoms with Crippen molar-refractivity contribution in [1.82, 2.24) is 46.6 Å². The third-order valence-corrected chi connectivity index (χ3v) is 16.9. The molecule has 0 bridgehead atoms. The Balaban J connectivity index is 1.14. The highest BCUT2D eigenvalue weighted by Crippen LogP contribution is 2.33. The SMILES string of the molecule is COCCCCCCCOc1ccc(-c2nnc(-c3ccc(C(=O)N[C@H]4C[C@@H](O)CNC(=O)[C@@H]5[C@@H](O)[C@H](C)CN5C(=O)[C@H]([C@H](O)CCN)NC(=O)[C@H]([C@H](O)Cc5ccc(O)c(OSOOO)c5)NC(=O)[C@@H]5C[C@@H](O)CN5C(=O)[C@H]([C@@H](C)O)NC4=O)cc3)s2)cc1. The number of aromatic nitrogens is 2. The van der Waals surface area contributed by atoms with Crippen LogP contribution in [0, 0.1) is 5.92 Å². The van der Waals surface area contributed by atoms with Gasteiger partial charge < -0.3 is 91.5 Å². The van der Waals surface area contributed by atoms with Gasteiger partial charge in [0.25, 0.3) is 18.2 Å². The number of hydrogen-bond donors (Lipinski definition) is 14. The summed E-state index contributed by atoms with van der Waals surface area (Å²) in [6.07, 6.45) is -7.00. The molecule has 3 aliphatic heterocycles. The van der Waals surface area contributed by atoms with E-state index in [0.717, 1.165) is 72.8 Å². The Kier molecular flexibility index (Phi) is 26.4. The molecule has 0 spiro atoms. The van der Waals surface area contributed by atoms with Gasteiger partial charge in [0.15, 0.2) is 11.5 Å². The Morgan fingerprint density at radius 1 is 0.767 bits per heavy atom. The molecule has 15 N–H and O–H groups in total. The number of aliphatic hydroxyl groups is 6. The van der Waals surface area contributed by atoms with Crippen molar-refractivity contribution < 1.29 is 97.6 Å². The maximum Gasteiger partial charge on any atom is 0.261 e. The normalized spacial score (nSPS) is 25.0. The Hall–Kier alpha value is -7.18. The lowest BCUT2D eigenvalue weighted by Crippen LogP contribution is -2.64. The van der Waals surface area contributed by atoms with E-state index in [1.165, 1.54) is 42.5 Å². The number of carbonyl (C=O) groups excluding carboxylic acids is 7. The maximum absolute atomic E-state index is 14.7. The van der Waals surface area contributed by atoms with Crippen molar-refractivity contribution in [3.05, 3.63) is 77.9 Å². The van der Waals surface area contributed by atoms with Gasteiger partial charge in [0.05, 0.1) is 43.2 Å². The molecule has 3 aliphatic rings. The van der Waals surface area contributed by atoms with E-state index in [-0.39, 0.29) is 48.7 Å². The van der Waals surface area contributed by atoms with Crippen molar-refractivity contribution >= 4 is 65.0 Å². The number of rotatable bonds is 24. The van der Waals surface area contributed by atoms with Crippen LogP contribution >= 0.6 is 23.7 Å². The summed E-state index contributed by atoms with van der Waals surface area (Å²) in [5, 5.41) is 113. The minimum atomic E-state index is -2.11. The van der Waals surface area contributed by atoms with Crippen LogP contribution in [0.4, 0.5) is 0 Å². The monoisotopic (exact) mass is 1300 g/mol. The highest BCUT2D eigenvalue weighted by atomic mass is 32.2. The maximum atomic E-state index is 14.7. The molecular formula is C58H78N10O20S2. The fourth-order valence-corrected chi connectivity index (χ4v) is 11.8. The van der Waals surface area contributed by atoms with Gasteiger partial charge in [0, 0.05) is 75.2 Å². The number of nitrogens with one attached hydrogen (secondary N) is 5. The van der Waals surface area contributed by atoms with Gasteiger partial charge in [-0.25, -0.2) is 5.26 Å². The summed E-state index contributed by atoms with van der Waals surface area (Å²) in [7, 11) is 1.70. The van der Waals surface area contributed by atoms with Gasteiger partial charge in [-0.05, 0) is 86.8 Å². The van der Waals surface area contributed by atoms with Gasteiger partial charge in [-0.15, -0.1) is 10.2 Å². The second-order valence-electron chi connectivity index (χ2n) is 22.3. The molecular weight excluding hydrogens is 1220 g/mol. The number of nitrogens with zero attached hydrogens (tertiary/aromatic N) is 4. The number of unbranched alkanes of at least 4 members (excludes halogenated alkanes) is 4. The number of aliphatic hydroxyl groups excluding tert-OH is 6. The van der Waals surface area contributed by atoms with E-state index in [9.17, 15) is 69.3 Å². The van der Waals surface area contributed by atoms with Crippen LogP contribution in [0.25, 0.3) is 21.1 Å². The lowest BCUT2D eigenvalue weighted by Gasteiger charge is -2.34. The third-order valence-electron chi connectivity index (χ3n) is 15.5. The molecule has 3 saturated heterocycles. The predicted octanol–water partition coefficient (Wildman–Crippen LogP) is -0.786. The number of ether oxygens (including phenoxy) is 2. The van der Waals surface area contributed by atoms with Crippen molar-refractivity contribution in [3.63, 3.8) is 0 Å². The van der Waals surface area contributed by atoms with Crippen LogP contribution in [0.3, 0.4) is 0 Å². The lowest BCUT2D eigenvalue weighted by atomic mass is 9.98. The Bertz CT molecular complexity index is 3060. The van der Waals surface area contributed by atoms with Crippen LogP contribution < -0.4 is 41.2 Å². The molecule has 4 aromatic rings. The summed E-state index contributed by atoms with van der Waals surface area (Å²) in [6.45, 7) is 2.20. The highest BCUT2D eigenvalue weighted by Gasteiger charge is 2.50. The predicted molar refractivity (Wildman–Crippen MR) is 321 cm³/mol. The Morgan fingerprint density at radius 2 is 1.40 bits per heavy atom. The fourth-order valence-electron chi connectivity index (χ4n) is 10.7. The number of benzene rings is 3. The average molecular weight is 1300 g/mol. The summed E-state index contributed by atoms with van der Waals surface area (Å²) in [4.78, 5) is 103. The number of phenolic OH excluding ortho intramolecular Hbond substituents is 1. The van der Waals surface area contributed by atoms with E-state index >= 15 is 0 Å². The number of fused-ring (bicyclic) bond motifs is 2. The van der Waals surface area contributed by atoms with Crippen molar-refractivity contribution in [2.24, 2.45) is 11.7 Å². The van der Waals surface area contributed by atoms with Crippen molar-refractivity contribution in [2.45, 2.75) is 145 Å². The van der Waals surface area contributed by atoms with Crippen LogP contribution in [0.5, 0.6) is 17.2 Å². The number of hydrogen-bond acceptors (Lipinski definition) is 25. The molecule has 13 atom stereocenters. The largest absolute Gasteiger partial charge is 0.504 e. The summed E-state index contributed by atoms with van der Waals surface area (Å²) in [5.41, 5.74) is 7.33. The summed E-state index contributed by atoms with van der Waals surface area (Å²) < 4.78 is 20.4. The zero-order valence-corrected chi connectivity index (χ0v) is 51.3. The molecule has 7 rings (SSSR count). The van der Waals surface area contributed by atoms with Gasteiger partial charge >= 0.3 is 0 Å². The van der Waals surface area contributed by atoms with E-state index in [1.54, 1.807) is 19.2 Å². The zero-order chi connectivity index (χ0) is 65.2. The molecule has 30 nitrogen and oxygen atoms in total. The summed E-state index contributed by atoms with van der Waals surface area (Å²) in [5.74, 6) is -8.61. The number of methoxy groups -OCH3 is 1. The topological polar surface area (TPSA) is 446 Å². The van der Waals surface area contributed by atoms with Crippen LogP contribution in [0.15, 0.2) is 66.7 Å². The molecule has 32 heteroatoms. The number of phenols is 1. The second-order valence-corrected chi connectivity index (χ2v) is 23.7. The number of nitrogens with two attached hydrogens (primary N) is 1. The van der Waals surface area contributed by atoms with Gasteiger partial charge in [-0.2, -0.15) is 0 Å². The molecule has 0 aliphatic carbocycles. The standard InChI is InChI=1S/C58H78N10O20S2/c1-30-28-68-48(49(30)75)54(80)60-27-36(70)25-39(61-50(76)33-10-12-34(13-11-33)55-65-66-56(89-55)35-14-16-38(17-15-35)85-22-8-6-4-5-7-21-84-3)51(77)62-45(31(2)69)57(81)67-29-37(71)26-40(67)52(78)63-46(53(79)64-47(58(68)82)42(73)19-20-59)43(74)23-32-9-18-41(72)44(24-32)86-90-88-87-83/h9-18,24,30-31,36-37,39-40,42-43,45-49,69-75,83H,4-8,19-23,25-29,59H2,1-3H3,(H,60,80)(H,61,76)(H,62,77)(H,63,78)(H,64,79)/t30-,31-,36-,37-,39+,40+,42-,43-,45+,46+,47+,48+,49+/m1/s1. The number of β-amino-alcohol motifs (C(OH)–C–C–N with tert-alkyl or cyclic N) is 1. The molecule has 492 valence electrons. The minimum absolute atomic E-state index is 0.0207. The van der Waals surface area contributed by atoms with Crippen molar-refractivity contribution in [3.8, 4) is 38.4 Å². The molecule has 90 heavy (non-hydrogen) atoms. The molecule has 0 saturated carbocycles.